The van der Waals surface area contributed by atoms with E-state index in [0.29, 0.717) is 0 Å². The van der Waals surface area contributed by atoms with Crippen LogP contribution in [0.3, 0.4) is 0 Å². The van der Waals surface area contributed by atoms with E-state index in [1.807, 2.05) is 42.1 Å². The molecule has 0 saturated carbocycles. The van der Waals surface area contributed by atoms with E-state index in [1.54, 1.807) is 0 Å². The Kier molecular flexibility index (Phi) is 2.87. The molecule has 2 heterocycles. The molecule has 1 atom stereocenters. The number of anilines is 1. The van der Waals surface area contributed by atoms with Gasteiger partial charge >= 0.3 is 0 Å². The van der Waals surface area contributed by atoms with Crippen molar-refractivity contribution in [2.45, 2.75) is 10.3 Å². The summed E-state index contributed by atoms with van der Waals surface area (Å²) in [7, 11) is 0. The second-order valence-electron chi connectivity index (χ2n) is 5.61. The Morgan fingerprint density at radius 2 is 1.78 bits per heavy atom. The van der Waals surface area contributed by atoms with Crippen LogP contribution in [0, 0.1) is 0 Å². The zero-order chi connectivity index (χ0) is 15.4. The Morgan fingerprint density at radius 3 is 2.65 bits per heavy atom. The Labute approximate surface area is 142 Å². The molecule has 4 aromatic rings. The van der Waals surface area contributed by atoms with Gasteiger partial charge in [-0.3, -0.25) is 0 Å². The zero-order valence-electron chi connectivity index (χ0n) is 12.0. The second kappa shape index (κ2) is 4.95. The summed E-state index contributed by atoms with van der Waals surface area (Å²) in [6, 6.07) is 20.4. The molecule has 0 amide bonds. The van der Waals surface area contributed by atoms with Gasteiger partial charge in [0.2, 0.25) is 0 Å². The molecule has 1 aromatic heterocycles. The van der Waals surface area contributed by atoms with Crippen LogP contribution < -0.4 is 5.32 Å². The van der Waals surface area contributed by atoms with E-state index in [0.717, 1.165) is 32.6 Å². The number of thioether (sulfide) groups is 1. The number of benzene rings is 3. The van der Waals surface area contributed by atoms with Crippen LogP contribution >= 0.6 is 23.4 Å². The smallest absolute Gasteiger partial charge is 0.136 e. The lowest BCUT2D eigenvalue weighted by atomic mass is 10.1. The van der Waals surface area contributed by atoms with Crippen LogP contribution in [-0.4, -0.2) is 0 Å². The number of furan rings is 1. The minimum atomic E-state index is 0.223. The van der Waals surface area contributed by atoms with Gasteiger partial charge in [0.1, 0.15) is 16.5 Å². The molecule has 112 valence electrons. The summed E-state index contributed by atoms with van der Waals surface area (Å²) in [6.45, 7) is 0. The summed E-state index contributed by atoms with van der Waals surface area (Å²) in [5, 5.41) is 6.78. The third-order valence-electron chi connectivity index (χ3n) is 4.17. The van der Waals surface area contributed by atoms with Crippen molar-refractivity contribution in [2.75, 3.05) is 5.32 Å². The lowest BCUT2D eigenvalue weighted by molar-refractivity contribution is 0.668. The van der Waals surface area contributed by atoms with Crippen LogP contribution in [-0.2, 0) is 0 Å². The Hall–Kier alpha value is -2.10. The van der Waals surface area contributed by atoms with Crippen molar-refractivity contribution in [2.24, 2.45) is 0 Å². The van der Waals surface area contributed by atoms with E-state index in [4.69, 9.17) is 16.0 Å². The first-order chi connectivity index (χ1) is 11.3. The molecule has 5 rings (SSSR count). The molecule has 0 aliphatic carbocycles. The fourth-order valence-corrected chi connectivity index (χ4v) is 4.58. The van der Waals surface area contributed by atoms with Crippen molar-refractivity contribution in [3.63, 3.8) is 0 Å². The summed E-state index contributed by atoms with van der Waals surface area (Å²) in [6.07, 6.45) is 0. The van der Waals surface area contributed by atoms with Crippen LogP contribution in [0.15, 0.2) is 70.0 Å². The number of hydrogen-bond donors (Lipinski definition) is 1. The van der Waals surface area contributed by atoms with E-state index < -0.39 is 0 Å². The summed E-state index contributed by atoms with van der Waals surface area (Å²) >= 11 is 8.02. The molecular weight excluding hydrogens is 326 g/mol. The van der Waals surface area contributed by atoms with Crippen LogP contribution in [0.2, 0.25) is 5.02 Å². The van der Waals surface area contributed by atoms with Gasteiger partial charge in [0.15, 0.2) is 0 Å². The third-order valence-corrected chi connectivity index (χ3v) is 5.70. The predicted molar refractivity (Wildman–Crippen MR) is 97.4 cm³/mol. The van der Waals surface area contributed by atoms with Gasteiger partial charge in [-0.2, -0.15) is 0 Å². The summed E-state index contributed by atoms with van der Waals surface area (Å²) < 4.78 is 5.97. The van der Waals surface area contributed by atoms with Gasteiger partial charge in [0.25, 0.3) is 0 Å². The molecular formula is C19H12ClNOS. The van der Waals surface area contributed by atoms with Gasteiger partial charge < -0.3 is 9.73 Å². The van der Waals surface area contributed by atoms with Crippen molar-refractivity contribution in [1.29, 1.82) is 0 Å². The highest BCUT2D eigenvalue weighted by atomic mass is 35.5. The minimum absolute atomic E-state index is 0.223. The molecule has 1 unspecified atom stereocenters. The lowest BCUT2D eigenvalue weighted by Crippen LogP contribution is -2.00. The molecule has 1 aliphatic rings. The number of hydrogen-bond acceptors (Lipinski definition) is 3. The van der Waals surface area contributed by atoms with Crippen molar-refractivity contribution >= 4 is 51.0 Å². The van der Waals surface area contributed by atoms with Crippen molar-refractivity contribution in [1.82, 2.24) is 0 Å². The van der Waals surface area contributed by atoms with Crippen LogP contribution in [0.25, 0.3) is 21.9 Å². The summed E-state index contributed by atoms with van der Waals surface area (Å²) in [5.41, 5.74) is 4.21. The summed E-state index contributed by atoms with van der Waals surface area (Å²) in [5.74, 6) is 0. The van der Waals surface area contributed by atoms with E-state index in [9.17, 15) is 0 Å². The molecule has 4 heteroatoms. The average Bonchev–Trinajstić information content (AvgIpc) is 3.16. The predicted octanol–water partition coefficient (Wildman–Crippen LogP) is 6.46. The number of rotatable bonds is 1. The molecule has 2 nitrogen and oxygen atoms in total. The maximum absolute atomic E-state index is 6.19. The Bertz CT molecular complexity index is 1040. The SMILES string of the molecule is Clc1ccc2oc3ccc4c(c3c2c1)SC(c1ccccc1)N4. The van der Waals surface area contributed by atoms with E-state index >= 15 is 0 Å². The standard InChI is InChI=1S/C19H12ClNOS/c20-12-6-8-15-13(10-12)17-16(22-15)9-7-14-18(17)23-19(21-14)11-4-2-1-3-5-11/h1-10,19,21H. The zero-order valence-corrected chi connectivity index (χ0v) is 13.6. The number of nitrogens with one attached hydrogen (secondary N) is 1. The number of fused-ring (bicyclic) bond motifs is 5. The maximum atomic E-state index is 6.19. The molecule has 3 aromatic carbocycles. The van der Waals surface area contributed by atoms with E-state index in [1.165, 1.54) is 10.5 Å². The quantitative estimate of drug-likeness (QED) is 0.431. The van der Waals surface area contributed by atoms with Gasteiger partial charge in [0, 0.05) is 26.4 Å². The van der Waals surface area contributed by atoms with Gasteiger partial charge in [-0.05, 0) is 35.9 Å². The first-order valence-electron chi connectivity index (χ1n) is 7.42. The molecule has 0 fully saturated rings. The van der Waals surface area contributed by atoms with Crippen LogP contribution in [0.5, 0.6) is 0 Å². The van der Waals surface area contributed by atoms with Gasteiger partial charge in [-0.1, -0.05) is 53.7 Å². The van der Waals surface area contributed by atoms with Gasteiger partial charge in [-0.25, -0.2) is 0 Å². The molecule has 0 radical (unpaired) electrons. The molecule has 0 saturated heterocycles. The molecule has 0 bridgehead atoms. The fraction of sp³-hybridized carbons (Fsp3) is 0.0526. The highest BCUT2D eigenvalue weighted by molar-refractivity contribution is 8.00. The fourth-order valence-electron chi connectivity index (χ4n) is 3.11. The maximum Gasteiger partial charge on any atom is 0.136 e. The molecule has 1 aliphatic heterocycles. The Morgan fingerprint density at radius 1 is 0.957 bits per heavy atom. The van der Waals surface area contributed by atoms with Crippen molar-refractivity contribution < 1.29 is 4.42 Å². The second-order valence-corrected chi connectivity index (χ2v) is 7.16. The molecule has 23 heavy (non-hydrogen) atoms. The first kappa shape index (κ1) is 13.3. The Balaban J connectivity index is 1.72. The number of halogens is 1. The van der Waals surface area contributed by atoms with Gasteiger partial charge in [0.05, 0.1) is 0 Å². The molecule has 0 spiro atoms. The van der Waals surface area contributed by atoms with E-state index in [2.05, 4.69) is 35.6 Å². The topological polar surface area (TPSA) is 25.2 Å². The molecule has 1 N–H and O–H groups in total. The van der Waals surface area contributed by atoms with Crippen molar-refractivity contribution in [3.05, 3.63) is 71.2 Å². The lowest BCUT2D eigenvalue weighted by Gasteiger charge is -2.09. The van der Waals surface area contributed by atoms with Crippen molar-refractivity contribution in [3.8, 4) is 0 Å². The van der Waals surface area contributed by atoms with Gasteiger partial charge in [-0.15, -0.1) is 0 Å². The first-order valence-corrected chi connectivity index (χ1v) is 8.68. The monoisotopic (exact) mass is 337 g/mol. The minimum Gasteiger partial charge on any atom is -0.456 e. The third kappa shape index (κ3) is 2.04. The van der Waals surface area contributed by atoms with Crippen LogP contribution in [0.4, 0.5) is 5.69 Å². The average molecular weight is 338 g/mol. The van der Waals surface area contributed by atoms with E-state index in [-0.39, 0.29) is 5.37 Å². The summed E-state index contributed by atoms with van der Waals surface area (Å²) in [4.78, 5) is 1.23. The largest absolute Gasteiger partial charge is 0.456 e. The highest BCUT2D eigenvalue weighted by Crippen LogP contribution is 2.51. The van der Waals surface area contributed by atoms with Crippen LogP contribution in [0.1, 0.15) is 10.9 Å². The normalized spacial score (nSPS) is 16.7. The highest BCUT2D eigenvalue weighted by Gasteiger charge is 2.26.